The second-order valence-corrected chi connectivity index (χ2v) is 8.16. The molecule has 6 nitrogen and oxygen atoms in total. The zero-order valence-corrected chi connectivity index (χ0v) is 18.0. The van der Waals surface area contributed by atoms with E-state index in [4.69, 9.17) is 0 Å². The lowest BCUT2D eigenvalue weighted by Crippen LogP contribution is -2.26. The summed E-state index contributed by atoms with van der Waals surface area (Å²) in [5.74, 6) is -0.421. The summed E-state index contributed by atoms with van der Waals surface area (Å²) < 4.78 is 1.26. The minimum atomic E-state index is -0.421. The fraction of sp³-hybridized carbons (Fsp3) is 0.0400. The van der Waals surface area contributed by atoms with Crippen molar-refractivity contribution in [3.8, 4) is 16.9 Å². The summed E-state index contributed by atoms with van der Waals surface area (Å²) in [4.78, 5) is 30.7. The van der Waals surface area contributed by atoms with Crippen LogP contribution >= 0.6 is 11.3 Å². The van der Waals surface area contributed by atoms with Crippen LogP contribution in [0.4, 0.5) is 5.13 Å². The molecule has 5 rings (SSSR count). The van der Waals surface area contributed by atoms with Crippen LogP contribution in [0.25, 0.3) is 27.7 Å². The van der Waals surface area contributed by atoms with E-state index in [1.807, 2.05) is 54.8 Å². The van der Waals surface area contributed by atoms with Crippen LogP contribution in [-0.2, 0) is 0 Å². The molecule has 7 heteroatoms. The van der Waals surface area contributed by atoms with E-state index in [1.54, 1.807) is 36.4 Å². The minimum Gasteiger partial charge on any atom is -0.296 e. The highest BCUT2D eigenvalue weighted by molar-refractivity contribution is 7.14. The summed E-state index contributed by atoms with van der Waals surface area (Å²) in [6.07, 6.45) is 0. The van der Waals surface area contributed by atoms with Crippen molar-refractivity contribution in [2.75, 3.05) is 5.32 Å². The predicted octanol–water partition coefficient (Wildman–Crippen LogP) is 5.07. The van der Waals surface area contributed by atoms with Gasteiger partial charge in [0.15, 0.2) is 10.8 Å². The number of aryl methyl sites for hydroxylation is 1. The maximum absolute atomic E-state index is 13.2. The molecule has 156 valence electrons. The number of fused-ring (bicyclic) bond motifs is 1. The molecule has 0 aliphatic heterocycles. The number of thiazole rings is 1. The Morgan fingerprint density at radius 3 is 2.34 bits per heavy atom. The number of nitrogens with zero attached hydrogens (tertiary/aromatic N) is 3. The molecule has 0 aliphatic carbocycles. The van der Waals surface area contributed by atoms with E-state index in [1.165, 1.54) is 21.6 Å². The van der Waals surface area contributed by atoms with Gasteiger partial charge < -0.3 is 0 Å². The Labute approximate surface area is 187 Å². The van der Waals surface area contributed by atoms with Gasteiger partial charge in [0.1, 0.15) is 0 Å². The molecule has 0 spiro atoms. The minimum absolute atomic E-state index is 0.163. The fourth-order valence-electron chi connectivity index (χ4n) is 3.45. The molecule has 1 N–H and O–H groups in total. The third kappa shape index (κ3) is 3.70. The van der Waals surface area contributed by atoms with Crippen LogP contribution in [0.2, 0.25) is 0 Å². The zero-order chi connectivity index (χ0) is 22.1. The molecular formula is C25H18N4O2S. The molecule has 0 bridgehead atoms. The summed E-state index contributed by atoms with van der Waals surface area (Å²) in [5.41, 5.74) is 3.42. The Hall–Kier alpha value is -4.10. The van der Waals surface area contributed by atoms with E-state index >= 15 is 0 Å². The second kappa shape index (κ2) is 8.20. The number of para-hydroxylation sites is 1. The molecule has 0 saturated carbocycles. The van der Waals surface area contributed by atoms with E-state index in [-0.39, 0.29) is 11.3 Å². The highest BCUT2D eigenvalue weighted by Gasteiger charge is 2.18. The number of benzene rings is 3. The van der Waals surface area contributed by atoms with Crippen LogP contribution < -0.4 is 10.9 Å². The first-order valence-corrected chi connectivity index (χ1v) is 10.9. The van der Waals surface area contributed by atoms with Crippen molar-refractivity contribution in [2.45, 2.75) is 6.92 Å². The van der Waals surface area contributed by atoms with Gasteiger partial charge in [0, 0.05) is 16.3 Å². The number of carbonyl (C=O) groups is 1. The lowest BCUT2D eigenvalue weighted by atomic mass is 10.1. The number of anilines is 1. The van der Waals surface area contributed by atoms with Crippen molar-refractivity contribution >= 4 is 33.1 Å². The number of hydrogen-bond acceptors (Lipinski definition) is 5. The second-order valence-electron chi connectivity index (χ2n) is 7.30. The van der Waals surface area contributed by atoms with Gasteiger partial charge in [0.05, 0.1) is 16.8 Å². The number of carbonyl (C=O) groups excluding carboxylic acids is 1. The summed E-state index contributed by atoms with van der Waals surface area (Å²) in [6, 6.07) is 24.1. The Bertz CT molecular complexity index is 1490. The summed E-state index contributed by atoms with van der Waals surface area (Å²) in [7, 11) is 0. The molecule has 2 heterocycles. The standard InChI is InChI=1S/C25H18N4O2S/c1-16-11-13-17(14-12-16)21-15-32-25(26-21)27-23(30)22-19-9-5-6-10-20(19)24(31)29(28-22)18-7-3-2-4-8-18/h2-15H,1H3,(H,26,27,30). The molecule has 0 saturated heterocycles. The van der Waals surface area contributed by atoms with Crippen LogP contribution in [0.15, 0.2) is 89.0 Å². The number of aromatic nitrogens is 3. The topological polar surface area (TPSA) is 76.9 Å². The monoisotopic (exact) mass is 438 g/mol. The van der Waals surface area contributed by atoms with Crippen LogP contribution in [0, 0.1) is 6.92 Å². The van der Waals surface area contributed by atoms with Crippen molar-refractivity contribution in [2.24, 2.45) is 0 Å². The van der Waals surface area contributed by atoms with Crippen molar-refractivity contribution in [3.63, 3.8) is 0 Å². The molecule has 2 aromatic heterocycles. The lowest BCUT2D eigenvalue weighted by Gasteiger charge is -2.10. The van der Waals surface area contributed by atoms with Crippen molar-refractivity contribution in [3.05, 3.63) is 106 Å². The van der Waals surface area contributed by atoms with Crippen LogP contribution in [-0.4, -0.2) is 20.7 Å². The van der Waals surface area contributed by atoms with Gasteiger partial charge in [-0.15, -0.1) is 11.3 Å². The Morgan fingerprint density at radius 1 is 0.906 bits per heavy atom. The van der Waals surface area contributed by atoms with Crippen LogP contribution in [0.1, 0.15) is 16.1 Å². The fourth-order valence-corrected chi connectivity index (χ4v) is 4.16. The van der Waals surface area contributed by atoms with Gasteiger partial charge in [-0.05, 0) is 25.1 Å². The summed E-state index contributed by atoms with van der Waals surface area (Å²) in [6.45, 7) is 2.03. The molecule has 0 fully saturated rings. The van der Waals surface area contributed by atoms with Crippen molar-refractivity contribution in [1.82, 2.24) is 14.8 Å². The Morgan fingerprint density at radius 2 is 1.59 bits per heavy atom. The zero-order valence-electron chi connectivity index (χ0n) is 17.1. The van der Waals surface area contributed by atoms with E-state index in [0.29, 0.717) is 21.6 Å². The summed E-state index contributed by atoms with van der Waals surface area (Å²) in [5, 5.41) is 10.5. The molecule has 3 aromatic carbocycles. The average molecular weight is 439 g/mol. The molecule has 0 atom stereocenters. The lowest BCUT2D eigenvalue weighted by molar-refractivity contribution is 0.102. The van der Waals surface area contributed by atoms with E-state index < -0.39 is 5.91 Å². The van der Waals surface area contributed by atoms with Gasteiger partial charge in [-0.25, -0.2) is 4.98 Å². The number of nitrogens with one attached hydrogen (secondary N) is 1. The molecular weight excluding hydrogens is 420 g/mol. The normalized spacial score (nSPS) is 10.9. The maximum atomic E-state index is 13.2. The Balaban J connectivity index is 1.53. The SMILES string of the molecule is Cc1ccc(-c2csc(NC(=O)c3nn(-c4ccccc4)c(=O)c4ccccc34)n2)cc1. The van der Waals surface area contributed by atoms with Gasteiger partial charge in [0.25, 0.3) is 11.5 Å². The molecule has 0 radical (unpaired) electrons. The predicted molar refractivity (Wildman–Crippen MR) is 128 cm³/mol. The van der Waals surface area contributed by atoms with Crippen LogP contribution in [0.3, 0.4) is 0 Å². The number of rotatable bonds is 4. The average Bonchev–Trinajstić information content (AvgIpc) is 3.29. The van der Waals surface area contributed by atoms with Crippen LogP contribution in [0.5, 0.6) is 0 Å². The molecule has 1 amide bonds. The van der Waals surface area contributed by atoms with Gasteiger partial charge in [-0.2, -0.15) is 9.78 Å². The number of hydrogen-bond donors (Lipinski definition) is 1. The van der Waals surface area contributed by atoms with E-state index in [2.05, 4.69) is 15.4 Å². The first-order chi connectivity index (χ1) is 15.6. The smallest absolute Gasteiger partial charge is 0.279 e. The number of amides is 1. The van der Waals surface area contributed by atoms with Gasteiger partial charge in [-0.3, -0.25) is 14.9 Å². The maximum Gasteiger partial charge on any atom is 0.279 e. The Kier molecular flexibility index (Phi) is 5.09. The van der Waals surface area contributed by atoms with Crippen molar-refractivity contribution < 1.29 is 4.79 Å². The highest BCUT2D eigenvalue weighted by Crippen LogP contribution is 2.26. The van der Waals surface area contributed by atoms with Gasteiger partial charge in [0.2, 0.25) is 0 Å². The largest absolute Gasteiger partial charge is 0.296 e. The van der Waals surface area contributed by atoms with E-state index in [0.717, 1.165) is 11.3 Å². The molecule has 32 heavy (non-hydrogen) atoms. The summed E-state index contributed by atoms with van der Waals surface area (Å²) >= 11 is 1.34. The van der Waals surface area contributed by atoms with Gasteiger partial charge in [-0.1, -0.05) is 66.2 Å². The molecule has 0 aliphatic rings. The highest BCUT2D eigenvalue weighted by atomic mass is 32.1. The third-order valence-electron chi connectivity index (χ3n) is 5.09. The molecule has 0 unspecified atom stereocenters. The quantitative estimate of drug-likeness (QED) is 0.425. The molecule has 5 aromatic rings. The third-order valence-corrected chi connectivity index (χ3v) is 5.85. The first-order valence-electron chi connectivity index (χ1n) is 10.0. The van der Waals surface area contributed by atoms with Crippen molar-refractivity contribution in [1.29, 1.82) is 0 Å². The van der Waals surface area contributed by atoms with E-state index in [9.17, 15) is 9.59 Å². The first kappa shape index (κ1) is 19.8. The van der Waals surface area contributed by atoms with Gasteiger partial charge >= 0.3 is 0 Å².